The SMILES string of the molecule is CCc1ccc(NC(=S)Nc2ccc(C)c(S(=O)(=O)N(C)C)c2)cc1. The van der Waals surface area contributed by atoms with E-state index < -0.39 is 10.0 Å². The predicted molar refractivity (Wildman–Crippen MR) is 108 cm³/mol. The summed E-state index contributed by atoms with van der Waals surface area (Å²) in [5.74, 6) is 0. The molecule has 0 heterocycles. The van der Waals surface area contributed by atoms with Crippen LogP contribution >= 0.6 is 12.2 Å². The molecule has 0 radical (unpaired) electrons. The number of thiocarbonyl (C=S) groups is 1. The predicted octanol–water partition coefficient (Wildman–Crippen LogP) is 3.62. The van der Waals surface area contributed by atoms with Crippen LogP contribution in [0.15, 0.2) is 47.4 Å². The molecule has 25 heavy (non-hydrogen) atoms. The molecule has 2 N–H and O–H groups in total. The molecule has 0 fully saturated rings. The fraction of sp³-hybridized carbons (Fsp3) is 0.278. The summed E-state index contributed by atoms with van der Waals surface area (Å²) in [5.41, 5.74) is 3.44. The normalized spacial score (nSPS) is 11.4. The second-order valence-electron chi connectivity index (χ2n) is 5.90. The van der Waals surface area contributed by atoms with Gasteiger partial charge in [0.05, 0.1) is 4.90 Å². The fourth-order valence-corrected chi connectivity index (χ4v) is 3.65. The number of anilines is 2. The maximum Gasteiger partial charge on any atom is 0.242 e. The zero-order valence-corrected chi connectivity index (χ0v) is 16.5. The standard InChI is InChI=1S/C18H23N3O2S2/c1-5-14-7-10-15(11-8-14)19-18(24)20-16-9-6-13(2)17(12-16)25(22,23)21(3)4/h6-12H,5H2,1-4H3,(H2,19,20,24). The third kappa shape index (κ3) is 4.78. The first-order chi connectivity index (χ1) is 11.7. The minimum absolute atomic E-state index is 0.262. The quantitative estimate of drug-likeness (QED) is 0.780. The molecule has 0 unspecified atom stereocenters. The summed E-state index contributed by atoms with van der Waals surface area (Å²) >= 11 is 5.32. The van der Waals surface area contributed by atoms with Gasteiger partial charge in [-0.05, 0) is 61.0 Å². The highest BCUT2D eigenvalue weighted by Gasteiger charge is 2.20. The zero-order chi connectivity index (χ0) is 18.6. The van der Waals surface area contributed by atoms with Crippen LogP contribution in [0, 0.1) is 6.92 Å². The zero-order valence-electron chi connectivity index (χ0n) is 14.8. The molecule has 134 valence electrons. The monoisotopic (exact) mass is 377 g/mol. The van der Waals surface area contributed by atoms with Gasteiger partial charge in [-0.15, -0.1) is 0 Å². The molecule has 7 heteroatoms. The van der Waals surface area contributed by atoms with Crippen molar-refractivity contribution in [1.29, 1.82) is 0 Å². The number of rotatable bonds is 5. The van der Waals surface area contributed by atoms with Gasteiger partial charge >= 0.3 is 0 Å². The average molecular weight is 378 g/mol. The highest BCUT2D eigenvalue weighted by Crippen LogP contribution is 2.22. The lowest BCUT2D eigenvalue weighted by molar-refractivity contribution is 0.520. The van der Waals surface area contributed by atoms with E-state index in [4.69, 9.17) is 12.2 Å². The smallest absolute Gasteiger partial charge is 0.242 e. The topological polar surface area (TPSA) is 61.4 Å². The lowest BCUT2D eigenvalue weighted by atomic mass is 10.1. The van der Waals surface area contributed by atoms with E-state index in [0.29, 0.717) is 16.4 Å². The van der Waals surface area contributed by atoms with Crippen LogP contribution in [0.3, 0.4) is 0 Å². The molecule has 2 aromatic carbocycles. The summed E-state index contributed by atoms with van der Waals surface area (Å²) in [4.78, 5) is 0.262. The first-order valence-electron chi connectivity index (χ1n) is 7.94. The third-order valence-corrected chi connectivity index (χ3v) is 5.99. The fourth-order valence-electron chi connectivity index (χ4n) is 2.27. The van der Waals surface area contributed by atoms with Crippen molar-refractivity contribution in [1.82, 2.24) is 4.31 Å². The molecular formula is C18H23N3O2S2. The van der Waals surface area contributed by atoms with E-state index in [2.05, 4.69) is 17.6 Å². The summed E-state index contributed by atoms with van der Waals surface area (Å²) in [6.07, 6.45) is 0.982. The summed E-state index contributed by atoms with van der Waals surface area (Å²) in [6, 6.07) is 13.2. The number of hydrogen-bond donors (Lipinski definition) is 2. The lowest BCUT2D eigenvalue weighted by Crippen LogP contribution is -2.24. The van der Waals surface area contributed by atoms with E-state index in [0.717, 1.165) is 12.1 Å². The van der Waals surface area contributed by atoms with Gasteiger partial charge in [0.15, 0.2) is 5.11 Å². The van der Waals surface area contributed by atoms with E-state index in [-0.39, 0.29) is 4.90 Å². The maximum atomic E-state index is 12.4. The number of nitrogens with zero attached hydrogens (tertiary/aromatic N) is 1. The van der Waals surface area contributed by atoms with Crippen molar-refractivity contribution in [2.45, 2.75) is 25.2 Å². The summed E-state index contributed by atoms with van der Waals surface area (Å²) in [7, 11) is -0.473. The number of aryl methyl sites for hydroxylation is 2. The second-order valence-corrected chi connectivity index (χ2v) is 8.43. The Hall–Kier alpha value is -1.96. The van der Waals surface area contributed by atoms with Crippen LogP contribution in [0.4, 0.5) is 11.4 Å². The Bertz CT molecular complexity index is 860. The molecule has 0 aliphatic carbocycles. The van der Waals surface area contributed by atoms with Gasteiger partial charge in [-0.1, -0.05) is 25.1 Å². The van der Waals surface area contributed by atoms with Crippen LogP contribution in [-0.2, 0) is 16.4 Å². The van der Waals surface area contributed by atoms with Crippen molar-refractivity contribution in [2.24, 2.45) is 0 Å². The minimum Gasteiger partial charge on any atom is -0.332 e. The van der Waals surface area contributed by atoms with Gasteiger partial charge in [0.2, 0.25) is 10.0 Å². The first kappa shape index (κ1) is 19.4. The molecule has 0 saturated carbocycles. The first-order valence-corrected chi connectivity index (χ1v) is 9.79. The average Bonchev–Trinajstić information content (AvgIpc) is 2.57. The van der Waals surface area contributed by atoms with E-state index in [1.165, 1.54) is 24.0 Å². The van der Waals surface area contributed by atoms with Crippen molar-refractivity contribution in [2.75, 3.05) is 24.7 Å². The minimum atomic E-state index is -3.50. The highest BCUT2D eigenvalue weighted by molar-refractivity contribution is 7.89. The molecule has 0 aliphatic rings. The van der Waals surface area contributed by atoms with Crippen LogP contribution in [-0.4, -0.2) is 31.9 Å². The second kappa shape index (κ2) is 7.95. The molecular weight excluding hydrogens is 354 g/mol. The van der Waals surface area contributed by atoms with E-state index >= 15 is 0 Å². The van der Waals surface area contributed by atoms with Crippen LogP contribution in [0.1, 0.15) is 18.1 Å². The Labute approximate surface area is 155 Å². The van der Waals surface area contributed by atoms with Crippen molar-refractivity contribution in [3.8, 4) is 0 Å². The van der Waals surface area contributed by atoms with Crippen molar-refractivity contribution < 1.29 is 8.42 Å². The van der Waals surface area contributed by atoms with Crippen LogP contribution in [0.2, 0.25) is 0 Å². The maximum absolute atomic E-state index is 12.4. The van der Waals surface area contributed by atoms with Crippen LogP contribution < -0.4 is 10.6 Å². The molecule has 0 aliphatic heterocycles. The van der Waals surface area contributed by atoms with Crippen LogP contribution in [0.25, 0.3) is 0 Å². The molecule has 2 rings (SSSR count). The molecule has 0 spiro atoms. The molecule has 0 bridgehead atoms. The van der Waals surface area contributed by atoms with Gasteiger partial charge in [0.25, 0.3) is 0 Å². The Morgan fingerprint density at radius 2 is 1.60 bits per heavy atom. The van der Waals surface area contributed by atoms with Crippen molar-refractivity contribution in [3.63, 3.8) is 0 Å². The molecule has 0 saturated heterocycles. The Kier molecular flexibility index (Phi) is 6.16. The third-order valence-electron chi connectivity index (χ3n) is 3.82. The van der Waals surface area contributed by atoms with Gasteiger partial charge in [0, 0.05) is 25.5 Å². The number of hydrogen-bond acceptors (Lipinski definition) is 3. The van der Waals surface area contributed by atoms with Gasteiger partial charge in [-0.25, -0.2) is 12.7 Å². The molecule has 0 amide bonds. The summed E-state index contributed by atoms with van der Waals surface area (Å²) in [5, 5.41) is 6.54. The number of benzene rings is 2. The number of nitrogens with one attached hydrogen (secondary N) is 2. The number of sulfonamides is 1. The Morgan fingerprint density at radius 1 is 1.04 bits per heavy atom. The lowest BCUT2D eigenvalue weighted by Gasteiger charge is -2.16. The van der Waals surface area contributed by atoms with Crippen molar-refractivity contribution >= 4 is 38.7 Å². The van der Waals surface area contributed by atoms with Gasteiger partial charge < -0.3 is 10.6 Å². The molecule has 5 nitrogen and oxygen atoms in total. The van der Waals surface area contributed by atoms with E-state index in [9.17, 15) is 8.42 Å². The summed E-state index contributed by atoms with van der Waals surface area (Å²) < 4.78 is 26.0. The van der Waals surface area contributed by atoms with Gasteiger partial charge in [-0.2, -0.15) is 0 Å². The van der Waals surface area contributed by atoms with Crippen molar-refractivity contribution in [3.05, 3.63) is 53.6 Å². The molecule has 0 atom stereocenters. The van der Waals surface area contributed by atoms with Crippen LogP contribution in [0.5, 0.6) is 0 Å². The van der Waals surface area contributed by atoms with Gasteiger partial charge in [0.1, 0.15) is 0 Å². The van der Waals surface area contributed by atoms with Gasteiger partial charge in [-0.3, -0.25) is 0 Å². The highest BCUT2D eigenvalue weighted by atomic mass is 32.2. The van der Waals surface area contributed by atoms with E-state index in [1.807, 2.05) is 24.3 Å². The Morgan fingerprint density at radius 3 is 2.16 bits per heavy atom. The largest absolute Gasteiger partial charge is 0.332 e. The van der Waals surface area contributed by atoms with E-state index in [1.54, 1.807) is 25.1 Å². The summed E-state index contributed by atoms with van der Waals surface area (Å²) in [6.45, 7) is 3.87. The molecule has 2 aromatic rings. The Balaban J connectivity index is 2.15. The molecule has 0 aromatic heterocycles.